The van der Waals surface area contributed by atoms with E-state index in [4.69, 9.17) is 5.73 Å². The molecule has 2 heteroatoms. The van der Waals surface area contributed by atoms with Gasteiger partial charge in [-0.15, -0.1) is 0 Å². The summed E-state index contributed by atoms with van der Waals surface area (Å²) in [7, 11) is 0. The van der Waals surface area contributed by atoms with Gasteiger partial charge in [0.25, 0.3) is 0 Å². The minimum absolute atomic E-state index is 0. The monoisotopic (exact) mass is 264 g/mol. The van der Waals surface area contributed by atoms with Gasteiger partial charge in [-0.3, -0.25) is 0 Å². The van der Waals surface area contributed by atoms with Crippen molar-refractivity contribution in [2.24, 2.45) is 5.73 Å². The standard InChI is InChI=1S/C7H8N.Gd/c8-6-7-4-2-1-3-5-7;/h2-5H,6,8H2;. The molecule has 0 unspecified atom stereocenters. The molecular weight excluding hydrogens is 255 g/mol. The Labute approximate surface area is 87.3 Å². The van der Waals surface area contributed by atoms with Crippen molar-refractivity contribution in [1.29, 1.82) is 0 Å². The Kier molecular flexibility index (Phi) is 5.60. The minimum Gasteiger partial charge on any atom is -0.326 e. The molecule has 0 amide bonds. The molecule has 0 saturated carbocycles. The van der Waals surface area contributed by atoms with Crippen molar-refractivity contribution in [2.45, 2.75) is 6.54 Å². The van der Waals surface area contributed by atoms with Crippen LogP contribution in [0.4, 0.5) is 0 Å². The van der Waals surface area contributed by atoms with Gasteiger partial charge in [0.2, 0.25) is 0 Å². The second-order valence-corrected chi connectivity index (χ2v) is 1.61. The van der Waals surface area contributed by atoms with Crippen molar-refractivity contribution in [3.63, 3.8) is 0 Å². The number of nitrogens with two attached hydrogens (primary N) is 1. The van der Waals surface area contributed by atoms with Crippen LogP contribution in [0.3, 0.4) is 0 Å². The van der Waals surface area contributed by atoms with E-state index >= 15 is 0 Å². The summed E-state index contributed by atoms with van der Waals surface area (Å²) in [4.78, 5) is 0. The Hall–Kier alpha value is 0.505. The number of hydrogen-bond donors (Lipinski definition) is 1. The second kappa shape index (κ2) is 5.30. The van der Waals surface area contributed by atoms with Crippen molar-refractivity contribution < 1.29 is 39.9 Å². The molecule has 0 saturated heterocycles. The first kappa shape index (κ1) is 9.50. The van der Waals surface area contributed by atoms with Gasteiger partial charge in [0.15, 0.2) is 0 Å². The van der Waals surface area contributed by atoms with E-state index in [0.29, 0.717) is 6.54 Å². The van der Waals surface area contributed by atoms with Crippen LogP contribution in [0.2, 0.25) is 0 Å². The molecule has 0 aromatic heterocycles. The number of rotatable bonds is 1. The molecule has 1 aromatic rings. The molecule has 1 radical (unpaired) electrons. The summed E-state index contributed by atoms with van der Waals surface area (Å²) in [5.74, 6) is 0. The summed E-state index contributed by atoms with van der Waals surface area (Å²) >= 11 is 0. The van der Waals surface area contributed by atoms with E-state index in [2.05, 4.69) is 6.07 Å². The fourth-order valence-electron chi connectivity index (χ4n) is 0.557. The number of benzene rings is 1. The van der Waals surface area contributed by atoms with Crippen LogP contribution in [0.5, 0.6) is 0 Å². The van der Waals surface area contributed by atoms with E-state index < -0.39 is 0 Å². The molecule has 0 aliphatic rings. The topological polar surface area (TPSA) is 26.0 Å². The summed E-state index contributed by atoms with van der Waals surface area (Å²) < 4.78 is 0. The Morgan fingerprint density at radius 2 is 1.89 bits per heavy atom. The van der Waals surface area contributed by atoms with Gasteiger partial charge in [0.05, 0.1) is 0 Å². The van der Waals surface area contributed by atoms with Crippen molar-refractivity contribution in [3.05, 3.63) is 35.9 Å². The van der Waals surface area contributed by atoms with E-state index in [1.807, 2.05) is 24.3 Å². The number of hydrogen-bond acceptors (Lipinski definition) is 1. The summed E-state index contributed by atoms with van der Waals surface area (Å²) in [6.45, 7) is 0.620. The quantitative estimate of drug-likeness (QED) is 0.802. The summed E-state index contributed by atoms with van der Waals surface area (Å²) in [6, 6.07) is 10.6. The average Bonchev–Trinajstić information content (AvgIpc) is 1.90. The smallest absolute Gasteiger partial charge is 0.0178 e. The fraction of sp³-hybridized carbons (Fsp3) is 0.143. The zero-order chi connectivity index (χ0) is 5.82. The van der Waals surface area contributed by atoms with Gasteiger partial charge in [-0.25, -0.2) is 0 Å². The van der Waals surface area contributed by atoms with E-state index in [1.54, 1.807) is 0 Å². The molecule has 0 atom stereocenters. The maximum Gasteiger partial charge on any atom is 0.0178 e. The third-order valence-corrected chi connectivity index (χ3v) is 1.02. The molecule has 0 bridgehead atoms. The van der Waals surface area contributed by atoms with Crippen molar-refractivity contribution in [2.75, 3.05) is 0 Å². The van der Waals surface area contributed by atoms with Gasteiger partial charge in [0, 0.05) is 46.5 Å². The molecule has 9 heavy (non-hydrogen) atoms. The Morgan fingerprint density at radius 3 is 2.22 bits per heavy atom. The van der Waals surface area contributed by atoms with Crippen LogP contribution in [0.25, 0.3) is 0 Å². The largest absolute Gasteiger partial charge is 0.326 e. The molecule has 2 N–H and O–H groups in total. The van der Waals surface area contributed by atoms with Crippen molar-refractivity contribution in [3.8, 4) is 0 Å². The fourth-order valence-corrected chi connectivity index (χ4v) is 0.557. The predicted molar refractivity (Wildman–Crippen MR) is 33.2 cm³/mol. The molecule has 0 spiro atoms. The maximum atomic E-state index is 5.34. The molecule has 1 nitrogen and oxygen atoms in total. The Bertz CT molecular complexity index is 150. The van der Waals surface area contributed by atoms with Crippen LogP contribution in [0.15, 0.2) is 24.3 Å². The molecule has 0 aliphatic carbocycles. The van der Waals surface area contributed by atoms with Crippen LogP contribution in [-0.2, 0) is 6.54 Å². The van der Waals surface area contributed by atoms with Gasteiger partial charge in [-0.1, -0.05) is 24.3 Å². The van der Waals surface area contributed by atoms with Crippen LogP contribution >= 0.6 is 0 Å². The van der Waals surface area contributed by atoms with Crippen molar-refractivity contribution >= 4 is 0 Å². The van der Waals surface area contributed by atoms with Gasteiger partial charge in [0.1, 0.15) is 0 Å². The predicted octanol–water partition coefficient (Wildman–Crippen LogP) is 0.945. The maximum absolute atomic E-state index is 5.34. The molecular formula is C7H8GdN. The Balaban J connectivity index is 0.000000640. The van der Waals surface area contributed by atoms with E-state index in [1.165, 1.54) is 0 Å². The third-order valence-electron chi connectivity index (χ3n) is 1.02. The SMILES string of the molecule is NCc1cc[c]cc1.[Gd]. The molecule has 1 rings (SSSR count). The first-order valence-electron chi connectivity index (χ1n) is 2.58. The zero-order valence-electron chi connectivity index (χ0n) is 4.95. The summed E-state index contributed by atoms with van der Waals surface area (Å²) in [5.41, 5.74) is 6.49. The van der Waals surface area contributed by atoms with Crippen LogP contribution in [0.1, 0.15) is 5.56 Å². The van der Waals surface area contributed by atoms with Crippen molar-refractivity contribution in [1.82, 2.24) is 0 Å². The molecule has 0 aliphatic heterocycles. The average molecular weight is 263 g/mol. The van der Waals surface area contributed by atoms with Crippen LogP contribution in [-0.4, -0.2) is 0 Å². The first-order chi connectivity index (χ1) is 3.93. The molecule has 0 heterocycles. The molecule has 1 aromatic carbocycles. The van der Waals surface area contributed by atoms with Gasteiger partial charge in [-0.2, -0.15) is 0 Å². The van der Waals surface area contributed by atoms with Gasteiger partial charge in [-0.05, 0) is 11.6 Å². The van der Waals surface area contributed by atoms with E-state index in [9.17, 15) is 0 Å². The molecule has 49 valence electrons. The van der Waals surface area contributed by atoms with E-state index in [0.717, 1.165) is 5.56 Å². The summed E-state index contributed by atoms with van der Waals surface area (Å²) in [5, 5.41) is 0. The molecule has 0 fully saturated rings. The normalized spacial score (nSPS) is 8.11. The second-order valence-electron chi connectivity index (χ2n) is 1.61. The Morgan fingerprint density at radius 1 is 1.33 bits per heavy atom. The van der Waals surface area contributed by atoms with Gasteiger partial charge < -0.3 is 5.73 Å². The first-order valence-corrected chi connectivity index (χ1v) is 2.58. The van der Waals surface area contributed by atoms with Crippen LogP contribution < -0.4 is 5.73 Å². The minimum atomic E-state index is 0. The van der Waals surface area contributed by atoms with Gasteiger partial charge >= 0.3 is 0 Å². The third kappa shape index (κ3) is 3.26. The summed E-state index contributed by atoms with van der Waals surface area (Å²) in [6.07, 6.45) is 0. The van der Waals surface area contributed by atoms with E-state index in [-0.39, 0.29) is 39.9 Å². The zero-order valence-corrected chi connectivity index (χ0v) is 7.22. The van der Waals surface area contributed by atoms with Crippen LogP contribution in [0, 0.1) is 46.0 Å².